The minimum atomic E-state index is -0.208. The Labute approximate surface area is 133 Å². The second-order valence-electron chi connectivity index (χ2n) is 9.33. The summed E-state index contributed by atoms with van der Waals surface area (Å²) in [4.78, 5) is 13.0. The van der Waals surface area contributed by atoms with Crippen LogP contribution in [0.25, 0.3) is 0 Å². The first-order valence-corrected chi connectivity index (χ1v) is 9.22. The first-order valence-electron chi connectivity index (χ1n) is 9.22. The van der Waals surface area contributed by atoms with Gasteiger partial charge in [-0.1, -0.05) is 13.8 Å². The Bertz CT molecular complexity index is 489. The van der Waals surface area contributed by atoms with Crippen molar-refractivity contribution in [1.29, 1.82) is 0 Å². The number of ketones is 1. The van der Waals surface area contributed by atoms with Crippen molar-refractivity contribution in [1.82, 2.24) is 0 Å². The van der Waals surface area contributed by atoms with Crippen LogP contribution in [0, 0.1) is 34.5 Å². The van der Waals surface area contributed by atoms with E-state index in [9.17, 15) is 15.0 Å². The van der Waals surface area contributed by atoms with Crippen LogP contribution >= 0.6 is 0 Å². The predicted molar refractivity (Wildman–Crippen MR) is 84.1 cm³/mol. The van der Waals surface area contributed by atoms with E-state index in [4.69, 9.17) is 0 Å². The Morgan fingerprint density at radius 2 is 1.77 bits per heavy atom. The average Bonchev–Trinajstić information content (AvgIpc) is 2.75. The van der Waals surface area contributed by atoms with Crippen LogP contribution in [0.1, 0.15) is 65.2 Å². The van der Waals surface area contributed by atoms with Crippen LogP contribution in [-0.2, 0) is 4.79 Å². The van der Waals surface area contributed by atoms with Gasteiger partial charge in [0.25, 0.3) is 0 Å². The molecular formula is C19H30O3. The van der Waals surface area contributed by atoms with Crippen LogP contribution in [0.4, 0.5) is 0 Å². The van der Waals surface area contributed by atoms with Crippen LogP contribution < -0.4 is 0 Å². The molecule has 0 amide bonds. The van der Waals surface area contributed by atoms with Gasteiger partial charge >= 0.3 is 0 Å². The molecule has 8 atom stereocenters. The summed E-state index contributed by atoms with van der Waals surface area (Å²) < 4.78 is 0. The molecule has 2 N–H and O–H groups in total. The Balaban J connectivity index is 1.68. The summed E-state index contributed by atoms with van der Waals surface area (Å²) in [6.45, 7) is 4.69. The lowest BCUT2D eigenvalue weighted by Gasteiger charge is -2.59. The van der Waals surface area contributed by atoms with E-state index in [0.717, 1.165) is 44.9 Å². The maximum atomic E-state index is 13.0. The zero-order chi connectivity index (χ0) is 15.7. The summed E-state index contributed by atoms with van der Waals surface area (Å²) in [5.74, 6) is 1.85. The first-order chi connectivity index (χ1) is 10.3. The zero-order valence-corrected chi connectivity index (χ0v) is 13.9. The lowest BCUT2D eigenvalue weighted by atomic mass is 9.45. The molecule has 124 valence electrons. The number of aliphatic hydroxyl groups is 2. The van der Waals surface area contributed by atoms with E-state index in [1.54, 1.807) is 0 Å². The molecule has 4 saturated carbocycles. The van der Waals surface area contributed by atoms with E-state index >= 15 is 0 Å². The van der Waals surface area contributed by atoms with Gasteiger partial charge in [-0.15, -0.1) is 0 Å². The molecule has 0 aromatic rings. The van der Waals surface area contributed by atoms with Gasteiger partial charge in [0.2, 0.25) is 0 Å². The number of rotatable bonds is 0. The summed E-state index contributed by atoms with van der Waals surface area (Å²) in [5.41, 5.74) is 0.403. The monoisotopic (exact) mass is 306 g/mol. The predicted octanol–water partition coefficient (Wildman–Crippen LogP) is 2.93. The number of hydrogen-bond donors (Lipinski definition) is 2. The third kappa shape index (κ3) is 1.97. The van der Waals surface area contributed by atoms with Crippen LogP contribution in [0.2, 0.25) is 0 Å². The number of fused-ring (bicyclic) bond motifs is 5. The molecule has 4 aliphatic rings. The first kappa shape index (κ1) is 15.1. The van der Waals surface area contributed by atoms with Gasteiger partial charge in [-0.2, -0.15) is 0 Å². The summed E-state index contributed by atoms with van der Waals surface area (Å²) in [7, 11) is 0. The molecule has 3 heteroatoms. The lowest BCUT2D eigenvalue weighted by molar-refractivity contribution is -0.158. The molecule has 7 unspecified atom stereocenters. The molecule has 0 aromatic heterocycles. The normalized spacial score (nSPS) is 57.9. The molecule has 0 aliphatic heterocycles. The number of carbonyl (C=O) groups excluding carboxylic acids is 1. The largest absolute Gasteiger partial charge is 0.393 e. The minimum absolute atomic E-state index is 0.174. The van der Waals surface area contributed by atoms with E-state index in [1.165, 1.54) is 0 Å². The third-order valence-corrected chi connectivity index (χ3v) is 8.19. The Kier molecular flexibility index (Phi) is 3.30. The van der Waals surface area contributed by atoms with Gasteiger partial charge in [-0.05, 0) is 73.5 Å². The molecule has 4 rings (SSSR count). The van der Waals surface area contributed by atoms with Gasteiger partial charge in [0.1, 0.15) is 5.78 Å². The number of aliphatic hydroxyl groups excluding tert-OH is 2. The molecule has 22 heavy (non-hydrogen) atoms. The van der Waals surface area contributed by atoms with E-state index < -0.39 is 0 Å². The van der Waals surface area contributed by atoms with Crippen molar-refractivity contribution < 1.29 is 15.0 Å². The standard InChI is InChI=1S/C19H30O3/c1-18-5-4-14-17(15(18)9-13(21)10-18)16(22)8-11-7-12(20)3-6-19(11,14)2/h11-15,17,20-21H,3-10H2,1-2H3/t11-,12?,13?,14?,15?,17?,18?,19?/m1/s1. The summed E-state index contributed by atoms with van der Waals surface area (Å²) >= 11 is 0. The topological polar surface area (TPSA) is 57.5 Å². The zero-order valence-electron chi connectivity index (χ0n) is 13.9. The van der Waals surface area contributed by atoms with Crippen molar-refractivity contribution in [3.63, 3.8) is 0 Å². The van der Waals surface area contributed by atoms with Crippen LogP contribution in [0.15, 0.2) is 0 Å². The van der Waals surface area contributed by atoms with Gasteiger partial charge in [-0.25, -0.2) is 0 Å². The van der Waals surface area contributed by atoms with Crippen molar-refractivity contribution in [2.75, 3.05) is 0 Å². The highest BCUT2D eigenvalue weighted by Gasteiger charge is 2.61. The smallest absolute Gasteiger partial charge is 0.136 e. The second-order valence-corrected chi connectivity index (χ2v) is 9.33. The van der Waals surface area contributed by atoms with E-state index in [-0.39, 0.29) is 29.0 Å². The van der Waals surface area contributed by atoms with Crippen molar-refractivity contribution in [2.45, 2.75) is 77.4 Å². The number of Topliss-reactive ketones (excluding diaryl/α,β-unsaturated/α-hetero) is 1. The van der Waals surface area contributed by atoms with Crippen molar-refractivity contribution in [3.05, 3.63) is 0 Å². The molecular weight excluding hydrogens is 276 g/mol. The van der Waals surface area contributed by atoms with Crippen LogP contribution in [0.5, 0.6) is 0 Å². The van der Waals surface area contributed by atoms with E-state index in [2.05, 4.69) is 13.8 Å². The Morgan fingerprint density at radius 3 is 2.55 bits per heavy atom. The van der Waals surface area contributed by atoms with Gasteiger partial charge in [-0.3, -0.25) is 4.79 Å². The molecule has 0 saturated heterocycles. The molecule has 0 bridgehead atoms. The summed E-state index contributed by atoms with van der Waals surface area (Å²) in [6.07, 6.45) is 7.04. The van der Waals surface area contributed by atoms with Gasteiger partial charge in [0, 0.05) is 12.3 Å². The van der Waals surface area contributed by atoms with E-state index in [1.807, 2.05) is 0 Å². The molecule has 4 aliphatic carbocycles. The van der Waals surface area contributed by atoms with Crippen molar-refractivity contribution in [3.8, 4) is 0 Å². The average molecular weight is 306 g/mol. The van der Waals surface area contributed by atoms with Crippen LogP contribution in [0.3, 0.4) is 0 Å². The maximum absolute atomic E-state index is 13.0. The molecule has 4 fully saturated rings. The van der Waals surface area contributed by atoms with Crippen molar-refractivity contribution in [2.24, 2.45) is 34.5 Å². The highest BCUT2D eigenvalue weighted by Crippen LogP contribution is 2.65. The van der Waals surface area contributed by atoms with E-state index in [0.29, 0.717) is 30.0 Å². The maximum Gasteiger partial charge on any atom is 0.136 e. The number of hydrogen-bond acceptors (Lipinski definition) is 3. The Hall–Kier alpha value is -0.410. The molecule has 0 spiro atoms. The van der Waals surface area contributed by atoms with Gasteiger partial charge < -0.3 is 10.2 Å². The fourth-order valence-corrected chi connectivity index (χ4v) is 6.93. The highest BCUT2D eigenvalue weighted by molar-refractivity contribution is 5.83. The molecule has 0 radical (unpaired) electrons. The molecule has 0 heterocycles. The van der Waals surface area contributed by atoms with Gasteiger partial charge in [0.05, 0.1) is 12.2 Å². The Morgan fingerprint density at radius 1 is 1.00 bits per heavy atom. The SMILES string of the molecule is CC12CCC3C(C(=O)C[C@H]4CC(O)CCC34C)C1CC(O)C2. The lowest BCUT2D eigenvalue weighted by Crippen LogP contribution is -2.56. The minimum Gasteiger partial charge on any atom is -0.393 e. The molecule has 3 nitrogen and oxygen atoms in total. The quantitative estimate of drug-likeness (QED) is 0.723. The van der Waals surface area contributed by atoms with Gasteiger partial charge in [0.15, 0.2) is 0 Å². The molecule has 0 aromatic carbocycles. The second kappa shape index (κ2) is 4.80. The summed E-state index contributed by atoms with van der Waals surface area (Å²) in [6, 6.07) is 0. The highest BCUT2D eigenvalue weighted by atomic mass is 16.3. The van der Waals surface area contributed by atoms with Crippen LogP contribution in [-0.4, -0.2) is 28.2 Å². The fourth-order valence-electron chi connectivity index (χ4n) is 6.93. The third-order valence-electron chi connectivity index (χ3n) is 8.19. The fraction of sp³-hybridized carbons (Fsp3) is 0.947. The number of carbonyl (C=O) groups is 1. The van der Waals surface area contributed by atoms with Crippen molar-refractivity contribution >= 4 is 5.78 Å². The summed E-state index contributed by atoms with van der Waals surface area (Å²) in [5, 5.41) is 20.2.